The van der Waals surface area contributed by atoms with Crippen molar-refractivity contribution in [1.29, 1.82) is 0 Å². The molecule has 0 radical (unpaired) electrons. The van der Waals surface area contributed by atoms with E-state index in [9.17, 15) is 13.2 Å². The van der Waals surface area contributed by atoms with Crippen molar-refractivity contribution in [1.82, 2.24) is 15.0 Å². The monoisotopic (exact) mass is 432 g/mol. The van der Waals surface area contributed by atoms with E-state index >= 15 is 0 Å². The summed E-state index contributed by atoms with van der Waals surface area (Å²) >= 11 is 4.56. The van der Waals surface area contributed by atoms with E-state index in [1.807, 2.05) is 17.0 Å². The van der Waals surface area contributed by atoms with Crippen LogP contribution in [0.3, 0.4) is 0 Å². The molecular weight excluding hydrogens is 413 g/mol. The van der Waals surface area contributed by atoms with E-state index in [-0.39, 0.29) is 30.1 Å². The first-order valence-corrected chi connectivity index (χ1v) is 9.91. The fourth-order valence-corrected chi connectivity index (χ4v) is 3.86. The van der Waals surface area contributed by atoms with Gasteiger partial charge in [0.05, 0.1) is 19.3 Å². The van der Waals surface area contributed by atoms with Gasteiger partial charge in [0.15, 0.2) is 11.6 Å². The minimum absolute atomic E-state index is 0.0289. The van der Waals surface area contributed by atoms with Crippen LogP contribution in [-0.4, -0.2) is 39.4 Å². The third kappa shape index (κ3) is 4.57. The maximum absolute atomic E-state index is 13.8. The molecule has 5 nitrogen and oxygen atoms in total. The largest absolute Gasteiger partial charge is 0.375 e. The topological polar surface area (TPSA) is 51.1 Å². The minimum atomic E-state index is -1.22. The molecule has 1 aromatic carbocycles. The number of aromatic nitrogens is 3. The van der Waals surface area contributed by atoms with Gasteiger partial charge in [0.25, 0.3) is 0 Å². The molecule has 0 N–H and O–H groups in total. The van der Waals surface area contributed by atoms with Gasteiger partial charge < -0.3 is 9.64 Å². The first kappa shape index (κ1) is 20.6. The Kier molecular flexibility index (Phi) is 6.19. The van der Waals surface area contributed by atoms with Crippen LogP contribution in [0, 0.1) is 17.5 Å². The third-order valence-electron chi connectivity index (χ3n) is 4.96. The Morgan fingerprint density at radius 3 is 2.43 bits per heavy atom. The van der Waals surface area contributed by atoms with Crippen molar-refractivity contribution < 1.29 is 17.9 Å². The van der Waals surface area contributed by atoms with Gasteiger partial charge in [0.1, 0.15) is 5.82 Å². The fraction of sp³-hybridized carbons (Fsp3) is 0.286. The quantitative estimate of drug-likeness (QED) is 0.471. The summed E-state index contributed by atoms with van der Waals surface area (Å²) in [5, 5.41) is 0.113. The second-order valence-electron chi connectivity index (χ2n) is 7.08. The highest BCUT2D eigenvalue weighted by Gasteiger charge is 2.32. The predicted octanol–water partition coefficient (Wildman–Crippen LogP) is 4.05. The molecule has 1 aliphatic heterocycles. The molecule has 2 unspecified atom stereocenters. The number of halogens is 3. The normalized spacial score (nSPS) is 18.7. The van der Waals surface area contributed by atoms with Gasteiger partial charge in [0.2, 0.25) is 5.95 Å². The SMILES string of the molecule is Fc1cc(F)c(COCC2CC(S)CN2c2ncc(-c3ccncc3)cn2)cc1F. The van der Waals surface area contributed by atoms with E-state index < -0.39 is 17.5 Å². The summed E-state index contributed by atoms with van der Waals surface area (Å²) in [5.74, 6) is -2.60. The van der Waals surface area contributed by atoms with E-state index in [0.717, 1.165) is 23.6 Å². The van der Waals surface area contributed by atoms with E-state index in [0.29, 0.717) is 18.6 Å². The van der Waals surface area contributed by atoms with Gasteiger partial charge in [-0.1, -0.05) is 0 Å². The predicted molar refractivity (Wildman–Crippen MR) is 110 cm³/mol. The molecule has 0 bridgehead atoms. The molecule has 1 fully saturated rings. The molecule has 0 spiro atoms. The van der Waals surface area contributed by atoms with Crippen molar-refractivity contribution in [2.75, 3.05) is 18.1 Å². The molecule has 30 heavy (non-hydrogen) atoms. The molecule has 0 amide bonds. The third-order valence-corrected chi connectivity index (χ3v) is 5.33. The molecule has 2 atom stereocenters. The van der Waals surface area contributed by atoms with Crippen LogP contribution in [0.25, 0.3) is 11.1 Å². The summed E-state index contributed by atoms with van der Waals surface area (Å²) in [5.41, 5.74) is 1.82. The summed E-state index contributed by atoms with van der Waals surface area (Å²) in [7, 11) is 0. The zero-order valence-electron chi connectivity index (χ0n) is 15.9. The van der Waals surface area contributed by atoms with Crippen molar-refractivity contribution in [2.45, 2.75) is 24.3 Å². The van der Waals surface area contributed by atoms with Crippen molar-refractivity contribution in [3.8, 4) is 11.1 Å². The molecule has 156 valence electrons. The smallest absolute Gasteiger partial charge is 0.225 e. The number of hydrogen-bond acceptors (Lipinski definition) is 6. The molecule has 0 saturated carbocycles. The summed E-state index contributed by atoms with van der Waals surface area (Å²) in [4.78, 5) is 15.0. The highest BCUT2D eigenvalue weighted by Crippen LogP contribution is 2.27. The van der Waals surface area contributed by atoms with Crippen molar-refractivity contribution in [3.05, 3.63) is 72.1 Å². The first-order chi connectivity index (χ1) is 14.5. The highest BCUT2D eigenvalue weighted by atomic mass is 32.1. The van der Waals surface area contributed by atoms with E-state index in [2.05, 4.69) is 27.6 Å². The van der Waals surface area contributed by atoms with Gasteiger partial charge in [-0.05, 0) is 30.2 Å². The van der Waals surface area contributed by atoms with Crippen molar-refractivity contribution >= 4 is 18.6 Å². The zero-order valence-corrected chi connectivity index (χ0v) is 16.8. The van der Waals surface area contributed by atoms with Gasteiger partial charge in [-0.2, -0.15) is 12.6 Å². The van der Waals surface area contributed by atoms with Gasteiger partial charge >= 0.3 is 0 Å². The fourth-order valence-electron chi connectivity index (χ4n) is 3.44. The Morgan fingerprint density at radius 2 is 1.70 bits per heavy atom. The van der Waals surface area contributed by atoms with E-state index in [4.69, 9.17) is 4.74 Å². The molecular formula is C21H19F3N4OS. The number of benzene rings is 1. The lowest BCUT2D eigenvalue weighted by molar-refractivity contribution is 0.106. The maximum Gasteiger partial charge on any atom is 0.225 e. The molecule has 1 saturated heterocycles. The second-order valence-corrected chi connectivity index (χ2v) is 7.81. The van der Waals surface area contributed by atoms with Crippen molar-refractivity contribution in [2.24, 2.45) is 0 Å². The Balaban J connectivity index is 1.42. The van der Waals surface area contributed by atoms with Crippen LogP contribution in [0.15, 0.2) is 49.1 Å². The molecule has 9 heteroatoms. The number of hydrogen-bond donors (Lipinski definition) is 1. The van der Waals surface area contributed by atoms with Crippen LogP contribution in [0.5, 0.6) is 0 Å². The van der Waals surface area contributed by atoms with E-state index in [1.54, 1.807) is 24.8 Å². The van der Waals surface area contributed by atoms with Crippen LogP contribution in [0.2, 0.25) is 0 Å². The standard InChI is InChI=1S/C21H19F3N4OS/c22-18-7-20(24)19(23)5-14(18)11-29-12-16-6-17(30)10-28(16)21-26-8-15(9-27-21)13-1-3-25-4-2-13/h1-5,7-9,16-17,30H,6,10-12H2. The number of nitrogens with zero attached hydrogens (tertiary/aromatic N) is 4. The average Bonchev–Trinajstić information content (AvgIpc) is 3.13. The van der Waals surface area contributed by atoms with Gasteiger partial charge in [-0.3, -0.25) is 4.98 Å². The Bertz CT molecular complexity index is 1010. The molecule has 2 aromatic heterocycles. The van der Waals surface area contributed by atoms with Crippen LogP contribution in [0.1, 0.15) is 12.0 Å². The Labute approximate surface area is 177 Å². The molecule has 3 heterocycles. The summed E-state index contributed by atoms with van der Waals surface area (Å²) < 4.78 is 45.8. The van der Waals surface area contributed by atoms with Gasteiger partial charge in [-0.25, -0.2) is 23.1 Å². The first-order valence-electron chi connectivity index (χ1n) is 9.39. The number of pyridine rings is 1. The van der Waals surface area contributed by atoms with Crippen LogP contribution < -0.4 is 4.90 Å². The maximum atomic E-state index is 13.8. The lowest BCUT2D eigenvalue weighted by Gasteiger charge is -2.24. The van der Waals surface area contributed by atoms with Crippen LogP contribution in [-0.2, 0) is 11.3 Å². The highest BCUT2D eigenvalue weighted by molar-refractivity contribution is 7.81. The van der Waals surface area contributed by atoms with Crippen LogP contribution >= 0.6 is 12.6 Å². The van der Waals surface area contributed by atoms with Crippen molar-refractivity contribution in [3.63, 3.8) is 0 Å². The molecule has 4 rings (SSSR count). The Morgan fingerprint density at radius 1 is 1.00 bits per heavy atom. The number of thiol groups is 1. The minimum Gasteiger partial charge on any atom is -0.375 e. The van der Waals surface area contributed by atoms with Gasteiger partial charge in [-0.15, -0.1) is 0 Å². The lowest BCUT2D eigenvalue weighted by atomic mass is 10.1. The number of rotatable bonds is 6. The number of ether oxygens (including phenoxy) is 1. The molecule has 0 aliphatic carbocycles. The molecule has 1 aliphatic rings. The molecule has 3 aromatic rings. The summed E-state index contributed by atoms with van der Waals surface area (Å²) in [6.07, 6.45) is 7.64. The zero-order chi connectivity index (χ0) is 21.1. The van der Waals surface area contributed by atoms with Gasteiger partial charge in [0, 0.05) is 53.8 Å². The Hall–Kier alpha value is -2.65. The van der Waals surface area contributed by atoms with E-state index in [1.165, 1.54) is 0 Å². The second kappa shape index (κ2) is 9.01. The average molecular weight is 432 g/mol. The summed E-state index contributed by atoms with van der Waals surface area (Å²) in [6, 6.07) is 5.04. The lowest BCUT2D eigenvalue weighted by Crippen LogP contribution is -2.34. The number of anilines is 1. The van der Waals surface area contributed by atoms with Crippen LogP contribution in [0.4, 0.5) is 19.1 Å². The summed E-state index contributed by atoms with van der Waals surface area (Å²) in [6.45, 7) is 0.739.